The van der Waals surface area contributed by atoms with Gasteiger partial charge in [0.1, 0.15) is 0 Å². The molecule has 19 heavy (non-hydrogen) atoms. The second-order valence-corrected chi connectivity index (χ2v) is 6.88. The van der Waals surface area contributed by atoms with Crippen LogP contribution in [0.15, 0.2) is 0 Å². The fourth-order valence-electron chi connectivity index (χ4n) is 2.18. The Morgan fingerprint density at radius 1 is 1.47 bits per heavy atom. The minimum absolute atomic E-state index is 0.0904. The van der Waals surface area contributed by atoms with Crippen molar-refractivity contribution >= 4 is 33.2 Å². The molecular weight excluding hydrogens is 288 g/mol. The van der Waals surface area contributed by atoms with Crippen molar-refractivity contribution in [1.82, 2.24) is 4.72 Å². The number of carbonyl (C=O) groups excluding carboxylic acids is 1. The SMILES string of the molecule is CCOC(=O)CCS(=O)(=O)NC1CCCC1C(N)=S. The third kappa shape index (κ3) is 5.42. The van der Waals surface area contributed by atoms with Gasteiger partial charge in [-0.2, -0.15) is 0 Å². The van der Waals surface area contributed by atoms with Crippen LogP contribution in [0.1, 0.15) is 32.6 Å². The number of carbonyl (C=O) groups is 1. The number of nitrogens with two attached hydrogens (primary N) is 1. The maximum atomic E-state index is 11.9. The summed E-state index contributed by atoms with van der Waals surface area (Å²) in [7, 11) is -3.51. The first kappa shape index (κ1) is 16.3. The van der Waals surface area contributed by atoms with Crippen molar-refractivity contribution in [3.8, 4) is 0 Å². The van der Waals surface area contributed by atoms with Crippen molar-refractivity contribution in [2.45, 2.75) is 38.6 Å². The Morgan fingerprint density at radius 3 is 2.74 bits per heavy atom. The van der Waals surface area contributed by atoms with Gasteiger partial charge in [-0.25, -0.2) is 13.1 Å². The molecule has 0 heterocycles. The van der Waals surface area contributed by atoms with E-state index in [2.05, 4.69) is 4.72 Å². The van der Waals surface area contributed by atoms with Gasteiger partial charge in [0, 0.05) is 12.0 Å². The van der Waals surface area contributed by atoms with Crippen LogP contribution in [0.2, 0.25) is 0 Å². The highest BCUT2D eigenvalue weighted by Gasteiger charge is 2.32. The molecule has 2 unspecified atom stereocenters. The molecule has 8 heteroatoms. The van der Waals surface area contributed by atoms with Gasteiger partial charge in [-0.1, -0.05) is 18.6 Å². The molecule has 0 radical (unpaired) electrons. The molecule has 6 nitrogen and oxygen atoms in total. The third-order valence-electron chi connectivity index (χ3n) is 3.09. The summed E-state index contributed by atoms with van der Waals surface area (Å²) in [6.45, 7) is 1.93. The average molecular weight is 308 g/mol. The van der Waals surface area contributed by atoms with E-state index in [9.17, 15) is 13.2 Å². The van der Waals surface area contributed by atoms with Crippen molar-refractivity contribution in [1.29, 1.82) is 0 Å². The normalized spacial score (nSPS) is 23.2. The molecule has 0 aromatic carbocycles. The molecule has 1 rings (SSSR count). The smallest absolute Gasteiger partial charge is 0.306 e. The van der Waals surface area contributed by atoms with Gasteiger partial charge < -0.3 is 10.5 Å². The molecule has 110 valence electrons. The predicted molar refractivity (Wildman–Crippen MR) is 76.1 cm³/mol. The molecule has 0 saturated heterocycles. The molecule has 0 bridgehead atoms. The summed E-state index contributed by atoms with van der Waals surface area (Å²) in [5.41, 5.74) is 5.59. The first-order valence-corrected chi connectivity index (χ1v) is 8.36. The predicted octanol–water partition coefficient (Wildman–Crippen LogP) is 0.314. The Morgan fingerprint density at radius 2 is 2.16 bits per heavy atom. The van der Waals surface area contributed by atoms with Crippen molar-refractivity contribution in [2.24, 2.45) is 11.7 Å². The summed E-state index contributed by atoms with van der Waals surface area (Å²) in [4.78, 5) is 11.5. The van der Waals surface area contributed by atoms with Crippen LogP contribution in [0.3, 0.4) is 0 Å². The Balaban J connectivity index is 2.50. The maximum Gasteiger partial charge on any atom is 0.306 e. The number of ether oxygens (including phenoxy) is 1. The second kappa shape index (κ2) is 7.16. The minimum Gasteiger partial charge on any atom is -0.466 e. The number of rotatable bonds is 7. The van der Waals surface area contributed by atoms with Crippen molar-refractivity contribution in [3.05, 3.63) is 0 Å². The Bertz CT molecular complexity index is 436. The number of thiocarbonyl (C=S) groups is 1. The molecule has 1 saturated carbocycles. The van der Waals surface area contributed by atoms with E-state index in [4.69, 9.17) is 22.7 Å². The monoisotopic (exact) mass is 308 g/mol. The van der Waals surface area contributed by atoms with E-state index in [0.29, 0.717) is 4.99 Å². The van der Waals surface area contributed by atoms with Gasteiger partial charge in [-0.05, 0) is 19.8 Å². The first-order valence-electron chi connectivity index (χ1n) is 6.30. The largest absolute Gasteiger partial charge is 0.466 e. The molecular formula is C11H20N2O4S2. The lowest BCUT2D eigenvalue weighted by atomic mass is 10.1. The van der Waals surface area contributed by atoms with E-state index in [-0.39, 0.29) is 30.7 Å². The van der Waals surface area contributed by atoms with E-state index in [1.54, 1.807) is 6.92 Å². The molecule has 1 fully saturated rings. The van der Waals surface area contributed by atoms with E-state index in [0.717, 1.165) is 19.3 Å². The molecule has 0 aromatic rings. The van der Waals surface area contributed by atoms with Crippen LogP contribution in [-0.2, 0) is 19.6 Å². The maximum absolute atomic E-state index is 11.9. The zero-order valence-corrected chi connectivity index (χ0v) is 12.6. The number of sulfonamides is 1. The third-order valence-corrected chi connectivity index (χ3v) is 4.80. The number of hydrogen-bond acceptors (Lipinski definition) is 5. The van der Waals surface area contributed by atoms with Gasteiger partial charge in [-0.15, -0.1) is 0 Å². The molecule has 0 amide bonds. The van der Waals surface area contributed by atoms with E-state index >= 15 is 0 Å². The Hall–Kier alpha value is -0.730. The fourth-order valence-corrected chi connectivity index (χ4v) is 3.76. The van der Waals surface area contributed by atoms with Gasteiger partial charge in [-0.3, -0.25) is 4.79 Å². The highest BCUT2D eigenvalue weighted by Crippen LogP contribution is 2.26. The fraction of sp³-hybridized carbons (Fsp3) is 0.818. The molecule has 2 atom stereocenters. The van der Waals surface area contributed by atoms with Gasteiger partial charge in [0.2, 0.25) is 10.0 Å². The zero-order chi connectivity index (χ0) is 14.5. The highest BCUT2D eigenvalue weighted by molar-refractivity contribution is 7.89. The topological polar surface area (TPSA) is 98.5 Å². The number of nitrogens with one attached hydrogen (secondary N) is 1. The number of hydrogen-bond donors (Lipinski definition) is 2. The van der Waals surface area contributed by atoms with Crippen LogP contribution in [0.5, 0.6) is 0 Å². The highest BCUT2D eigenvalue weighted by atomic mass is 32.2. The van der Waals surface area contributed by atoms with E-state index < -0.39 is 16.0 Å². The number of esters is 1. The van der Waals surface area contributed by atoms with Crippen LogP contribution < -0.4 is 10.5 Å². The van der Waals surface area contributed by atoms with Crippen LogP contribution >= 0.6 is 12.2 Å². The quantitative estimate of drug-likeness (QED) is 0.519. The second-order valence-electron chi connectivity index (χ2n) is 4.54. The minimum atomic E-state index is -3.51. The zero-order valence-electron chi connectivity index (χ0n) is 10.9. The van der Waals surface area contributed by atoms with Crippen molar-refractivity contribution in [2.75, 3.05) is 12.4 Å². The lowest BCUT2D eigenvalue weighted by molar-refractivity contribution is -0.142. The lowest BCUT2D eigenvalue weighted by Gasteiger charge is -2.19. The average Bonchev–Trinajstić information content (AvgIpc) is 2.74. The Kier molecular flexibility index (Phi) is 6.15. The summed E-state index contributed by atoms with van der Waals surface area (Å²) in [6, 6.07) is -0.246. The molecule has 0 spiro atoms. The lowest BCUT2D eigenvalue weighted by Crippen LogP contribution is -2.42. The van der Waals surface area contributed by atoms with E-state index in [1.165, 1.54) is 0 Å². The van der Waals surface area contributed by atoms with Crippen LogP contribution in [0, 0.1) is 5.92 Å². The van der Waals surface area contributed by atoms with E-state index in [1.807, 2.05) is 0 Å². The summed E-state index contributed by atoms with van der Waals surface area (Å²) < 4.78 is 31.0. The van der Waals surface area contributed by atoms with Gasteiger partial charge in [0.05, 0.1) is 23.8 Å². The molecule has 0 aliphatic heterocycles. The molecule has 3 N–H and O–H groups in total. The van der Waals surface area contributed by atoms with Crippen LogP contribution in [0.25, 0.3) is 0 Å². The Labute approximate surface area is 119 Å². The molecule has 0 aromatic heterocycles. The first-order chi connectivity index (χ1) is 8.85. The van der Waals surface area contributed by atoms with Gasteiger partial charge >= 0.3 is 5.97 Å². The summed E-state index contributed by atoms with van der Waals surface area (Å²) >= 11 is 4.93. The van der Waals surface area contributed by atoms with Crippen LogP contribution in [0.4, 0.5) is 0 Å². The van der Waals surface area contributed by atoms with Gasteiger partial charge in [0.25, 0.3) is 0 Å². The standard InChI is InChI=1S/C11H20N2O4S2/c1-2-17-10(14)6-7-19(15,16)13-9-5-3-4-8(9)11(12)18/h8-9,13H,2-7H2,1H3,(H2,12,18). The molecule has 1 aliphatic rings. The molecule has 1 aliphatic carbocycles. The summed E-state index contributed by atoms with van der Waals surface area (Å²) in [6.07, 6.45) is 2.28. The van der Waals surface area contributed by atoms with Gasteiger partial charge in [0.15, 0.2) is 0 Å². The van der Waals surface area contributed by atoms with Crippen molar-refractivity contribution < 1.29 is 17.9 Å². The van der Waals surface area contributed by atoms with Crippen LogP contribution in [-0.4, -0.2) is 37.8 Å². The summed E-state index contributed by atoms with van der Waals surface area (Å²) in [5, 5.41) is 0. The van der Waals surface area contributed by atoms with Crippen molar-refractivity contribution in [3.63, 3.8) is 0 Å². The summed E-state index contributed by atoms with van der Waals surface area (Å²) in [5.74, 6) is -0.871.